The number of carbonyl (C=O) groups is 1. The summed E-state index contributed by atoms with van der Waals surface area (Å²) >= 11 is 5.98. The van der Waals surface area contributed by atoms with Crippen molar-refractivity contribution in [2.45, 2.75) is 38.0 Å². The number of hydrogen-bond acceptors (Lipinski definition) is 10. The van der Waals surface area contributed by atoms with E-state index in [9.17, 15) is 10.1 Å². The first-order chi connectivity index (χ1) is 19.4. The van der Waals surface area contributed by atoms with Crippen LogP contribution in [0.25, 0.3) is 10.9 Å². The number of hydrogen-bond donors (Lipinski definition) is 0. The molecular formula is C28H31ClFN7O3. The normalized spacial score (nSPS) is 20.0. The molecule has 3 aromatic rings. The van der Waals surface area contributed by atoms with Gasteiger partial charge in [-0.3, -0.25) is 9.69 Å². The fourth-order valence-electron chi connectivity index (χ4n) is 5.21. The van der Waals surface area contributed by atoms with Crippen molar-refractivity contribution in [3.05, 3.63) is 53.1 Å². The molecule has 0 bridgehead atoms. The molecular weight excluding hydrogens is 537 g/mol. The molecule has 2 aliphatic heterocycles. The molecule has 210 valence electrons. The number of rotatable bonds is 9. The second-order valence-corrected chi connectivity index (χ2v) is 10.5. The Labute approximate surface area is 237 Å². The lowest BCUT2D eigenvalue weighted by Crippen LogP contribution is -2.54. The minimum absolute atomic E-state index is 0.0310. The molecule has 0 amide bonds. The van der Waals surface area contributed by atoms with E-state index in [1.165, 1.54) is 6.20 Å². The van der Waals surface area contributed by atoms with Gasteiger partial charge >= 0.3 is 12.0 Å². The summed E-state index contributed by atoms with van der Waals surface area (Å²) in [5.41, 5.74) is 0.937. The summed E-state index contributed by atoms with van der Waals surface area (Å²) < 4.78 is 26.5. The van der Waals surface area contributed by atoms with Gasteiger partial charge in [0.2, 0.25) is 0 Å². The summed E-state index contributed by atoms with van der Waals surface area (Å²) in [6, 6.07) is 11.7. The zero-order chi connectivity index (χ0) is 28.1. The van der Waals surface area contributed by atoms with Crippen molar-refractivity contribution in [2.75, 3.05) is 51.3 Å². The summed E-state index contributed by atoms with van der Waals surface area (Å²) in [7, 11) is 2.05. The monoisotopic (exact) mass is 567 g/mol. The fourth-order valence-corrected chi connectivity index (χ4v) is 5.35. The molecule has 5 rings (SSSR count). The molecule has 2 aliphatic rings. The molecule has 2 atom stereocenters. The number of pyridine rings is 1. The number of anilines is 1. The van der Waals surface area contributed by atoms with Crippen LogP contribution in [-0.4, -0.2) is 89.2 Å². The van der Waals surface area contributed by atoms with Crippen LogP contribution in [0.4, 0.5) is 10.2 Å². The topological polar surface area (TPSA) is 108 Å². The van der Waals surface area contributed by atoms with Crippen LogP contribution in [0.1, 0.15) is 24.8 Å². The van der Waals surface area contributed by atoms with Gasteiger partial charge in [0.05, 0.1) is 24.4 Å². The molecule has 0 radical (unpaired) electrons. The highest BCUT2D eigenvalue weighted by atomic mass is 35.5. The fraction of sp³-hybridized carbons (Fsp3) is 0.464. The Morgan fingerprint density at radius 3 is 2.77 bits per heavy atom. The maximum absolute atomic E-state index is 15.1. The average Bonchev–Trinajstić information content (AvgIpc) is 3.38. The number of aromatic nitrogens is 3. The number of benzene rings is 1. The van der Waals surface area contributed by atoms with Gasteiger partial charge in [0, 0.05) is 37.9 Å². The van der Waals surface area contributed by atoms with Crippen LogP contribution in [0.5, 0.6) is 6.01 Å². The van der Waals surface area contributed by atoms with E-state index in [4.69, 9.17) is 21.1 Å². The third-order valence-electron chi connectivity index (χ3n) is 7.48. The van der Waals surface area contributed by atoms with Crippen LogP contribution < -0.4 is 9.64 Å². The van der Waals surface area contributed by atoms with Crippen molar-refractivity contribution in [3.8, 4) is 12.1 Å². The Balaban J connectivity index is 1.33. The minimum Gasteiger partial charge on any atom is -0.462 e. The van der Waals surface area contributed by atoms with E-state index < -0.39 is 5.82 Å². The summed E-state index contributed by atoms with van der Waals surface area (Å²) in [6.07, 6.45) is 3.75. The molecule has 40 heavy (non-hydrogen) atoms. The van der Waals surface area contributed by atoms with Gasteiger partial charge in [-0.25, -0.2) is 9.37 Å². The first-order valence-corrected chi connectivity index (χ1v) is 13.7. The van der Waals surface area contributed by atoms with Gasteiger partial charge in [0.15, 0.2) is 11.0 Å². The highest BCUT2D eigenvalue weighted by Crippen LogP contribution is 2.31. The Bertz CT molecular complexity index is 1390. The lowest BCUT2D eigenvalue weighted by molar-refractivity contribution is -0.147. The van der Waals surface area contributed by atoms with Gasteiger partial charge < -0.3 is 19.3 Å². The summed E-state index contributed by atoms with van der Waals surface area (Å²) in [5.74, 6) is -0.641. The SMILES string of the molecule is CN1CCC[C@H]1COc1nc(N2CCN(CC(=O)OCc3ccccc3)[C@@H](CC#N)C2)c2cnc(Cl)c(F)c2n1. The zero-order valence-electron chi connectivity index (χ0n) is 22.3. The van der Waals surface area contributed by atoms with Crippen LogP contribution in [0, 0.1) is 17.1 Å². The molecule has 2 aromatic heterocycles. The number of nitriles is 1. The number of halogens is 2. The molecule has 12 heteroatoms. The lowest BCUT2D eigenvalue weighted by atomic mass is 10.1. The molecule has 1 aromatic carbocycles. The van der Waals surface area contributed by atoms with Crippen LogP contribution in [0.15, 0.2) is 36.5 Å². The van der Waals surface area contributed by atoms with Crippen LogP contribution in [0.3, 0.4) is 0 Å². The van der Waals surface area contributed by atoms with Crippen LogP contribution >= 0.6 is 11.6 Å². The van der Waals surface area contributed by atoms with Crippen molar-refractivity contribution in [2.24, 2.45) is 0 Å². The number of ether oxygens (including phenoxy) is 2. The molecule has 0 aliphatic carbocycles. The Morgan fingerprint density at radius 2 is 2.02 bits per heavy atom. The summed E-state index contributed by atoms with van der Waals surface area (Å²) in [5, 5.41) is 9.65. The van der Waals surface area contributed by atoms with E-state index in [-0.39, 0.29) is 54.3 Å². The van der Waals surface area contributed by atoms with E-state index in [1.807, 2.05) is 47.2 Å². The van der Waals surface area contributed by atoms with E-state index in [2.05, 4.69) is 25.9 Å². The molecule has 10 nitrogen and oxygen atoms in total. The maximum Gasteiger partial charge on any atom is 0.320 e. The number of likely N-dealkylation sites (N-methyl/N-ethyl adjacent to an activating group) is 1. The first kappa shape index (κ1) is 28.0. The Kier molecular flexibility index (Phi) is 8.89. The largest absolute Gasteiger partial charge is 0.462 e. The molecule has 2 fully saturated rings. The summed E-state index contributed by atoms with van der Waals surface area (Å²) in [6.45, 7) is 2.99. The number of piperazine rings is 1. The number of fused-ring (bicyclic) bond motifs is 1. The first-order valence-electron chi connectivity index (χ1n) is 13.3. The van der Waals surface area contributed by atoms with Gasteiger partial charge in [0.25, 0.3) is 0 Å². The quantitative estimate of drug-likeness (QED) is 0.282. The number of likely N-dealkylation sites (tertiary alicyclic amines) is 1. The highest BCUT2D eigenvalue weighted by Gasteiger charge is 2.31. The smallest absolute Gasteiger partial charge is 0.320 e. The number of esters is 1. The summed E-state index contributed by atoms with van der Waals surface area (Å²) in [4.78, 5) is 31.7. The average molecular weight is 568 g/mol. The second kappa shape index (κ2) is 12.7. The number of carbonyl (C=O) groups excluding carboxylic acids is 1. The van der Waals surface area contributed by atoms with E-state index in [0.717, 1.165) is 24.9 Å². The van der Waals surface area contributed by atoms with Crippen molar-refractivity contribution < 1.29 is 18.7 Å². The van der Waals surface area contributed by atoms with Crippen LogP contribution in [-0.2, 0) is 16.1 Å². The van der Waals surface area contributed by atoms with Gasteiger partial charge in [-0.15, -0.1) is 0 Å². The molecule has 0 N–H and O–H groups in total. The number of nitrogens with zero attached hydrogens (tertiary/aromatic N) is 7. The lowest BCUT2D eigenvalue weighted by Gasteiger charge is -2.40. The molecule has 2 saturated heterocycles. The molecule has 0 saturated carbocycles. The van der Waals surface area contributed by atoms with Crippen molar-refractivity contribution >= 4 is 34.3 Å². The van der Waals surface area contributed by atoms with Gasteiger partial charge in [-0.2, -0.15) is 15.2 Å². The van der Waals surface area contributed by atoms with Crippen molar-refractivity contribution in [3.63, 3.8) is 0 Å². The Hall–Kier alpha value is -3.59. The van der Waals surface area contributed by atoms with E-state index >= 15 is 4.39 Å². The predicted octanol–water partition coefficient (Wildman–Crippen LogP) is 3.44. The zero-order valence-corrected chi connectivity index (χ0v) is 23.1. The molecule has 0 unspecified atom stereocenters. The Morgan fingerprint density at radius 1 is 1.20 bits per heavy atom. The third-order valence-corrected chi connectivity index (χ3v) is 7.75. The minimum atomic E-state index is -0.737. The second-order valence-electron chi connectivity index (χ2n) is 10.1. The van der Waals surface area contributed by atoms with Gasteiger partial charge in [-0.05, 0) is 32.0 Å². The highest BCUT2D eigenvalue weighted by molar-refractivity contribution is 6.30. The van der Waals surface area contributed by atoms with Crippen LogP contribution in [0.2, 0.25) is 5.15 Å². The van der Waals surface area contributed by atoms with Gasteiger partial charge in [0.1, 0.15) is 24.5 Å². The van der Waals surface area contributed by atoms with Crippen molar-refractivity contribution in [1.82, 2.24) is 24.8 Å². The molecule has 4 heterocycles. The van der Waals surface area contributed by atoms with E-state index in [1.54, 1.807) is 0 Å². The maximum atomic E-state index is 15.1. The predicted molar refractivity (Wildman–Crippen MR) is 147 cm³/mol. The van der Waals surface area contributed by atoms with Crippen molar-refractivity contribution in [1.29, 1.82) is 5.26 Å². The standard InChI is InChI=1S/C28H31ClFN7O3/c1-35-11-5-8-21(35)18-40-28-33-25-22(14-32-26(29)24(25)30)27(34-28)37-13-12-36(20(15-37)9-10-31)16-23(38)39-17-19-6-3-2-4-7-19/h2-4,6-7,14,20-21H,5,8-9,11-13,15-18H2,1H3/t20-,21-/m0/s1. The van der Waals surface area contributed by atoms with Gasteiger partial charge in [-0.1, -0.05) is 41.9 Å². The van der Waals surface area contributed by atoms with E-state index in [0.29, 0.717) is 37.4 Å². The molecule has 0 spiro atoms. The third kappa shape index (κ3) is 6.41.